The molecule has 0 aromatic carbocycles. The second kappa shape index (κ2) is 12.2. The summed E-state index contributed by atoms with van der Waals surface area (Å²) >= 11 is 0. The van der Waals surface area contributed by atoms with E-state index in [4.69, 9.17) is 0 Å². The Hall–Kier alpha value is -0.290. The number of alkyl halides is 3. The number of hydrogen-bond acceptors (Lipinski definition) is 2. The molecule has 2 nitrogen and oxygen atoms in total. The first-order valence-corrected chi connectivity index (χ1v) is 10.3. The van der Waals surface area contributed by atoms with Crippen LogP contribution in [-0.2, 0) is 0 Å². The Balaban J connectivity index is 2.30. The molecule has 5 heteroatoms. The summed E-state index contributed by atoms with van der Waals surface area (Å²) in [4.78, 5) is 0.748. The lowest BCUT2D eigenvalue weighted by molar-refractivity contribution is -0.268. The van der Waals surface area contributed by atoms with Gasteiger partial charge in [-0.1, -0.05) is 71.6 Å². The minimum Gasteiger partial charge on any atom is -0.396 e. The number of unbranched alkanes of at least 4 members (excludes halogenated alkanes) is 8. The summed E-state index contributed by atoms with van der Waals surface area (Å²) in [6.07, 6.45) is 8.20. The molecule has 0 amide bonds. The lowest BCUT2D eigenvalue weighted by Gasteiger charge is -2.41. The normalized spacial score (nSPS) is 23.8. The van der Waals surface area contributed by atoms with Gasteiger partial charge in [-0.15, -0.1) is 0 Å². The highest BCUT2D eigenvalue weighted by Gasteiger charge is 2.44. The van der Waals surface area contributed by atoms with Crippen LogP contribution in [0.5, 0.6) is 0 Å². The maximum Gasteiger partial charge on any atom is 0.460 e. The standard InChI is InChI=1S/C20H38F3NO/c1-3-4-5-6-7-8-9-10-11-12-19-15-18(17(2)16-25)13-14-24(19)20(21,22)23/h17-19,25H,3-16H2,1-2H3. The quantitative estimate of drug-likeness (QED) is 0.332. The van der Waals surface area contributed by atoms with Crippen molar-refractivity contribution >= 4 is 0 Å². The molecule has 0 saturated carbocycles. The van der Waals surface area contributed by atoms with Gasteiger partial charge in [-0.05, 0) is 31.1 Å². The molecule has 1 saturated heterocycles. The van der Waals surface area contributed by atoms with Crippen LogP contribution in [0.25, 0.3) is 0 Å². The Morgan fingerprint density at radius 2 is 1.56 bits per heavy atom. The van der Waals surface area contributed by atoms with Crippen molar-refractivity contribution in [2.75, 3.05) is 13.2 Å². The molecular formula is C20H38F3NO. The first kappa shape index (κ1) is 22.8. The van der Waals surface area contributed by atoms with Crippen LogP contribution in [-0.4, -0.2) is 35.5 Å². The Kier molecular flexibility index (Phi) is 11.1. The predicted octanol–water partition coefficient (Wildman–Crippen LogP) is 6.14. The van der Waals surface area contributed by atoms with Crippen molar-refractivity contribution in [3.8, 4) is 0 Å². The summed E-state index contributed by atoms with van der Waals surface area (Å²) in [6, 6.07) is -0.405. The van der Waals surface area contributed by atoms with E-state index >= 15 is 0 Å². The molecule has 1 heterocycles. The molecule has 0 aliphatic carbocycles. The van der Waals surface area contributed by atoms with Crippen LogP contribution in [0.1, 0.15) is 90.9 Å². The van der Waals surface area contributed by atoms with Crippen molar-refractivity contribution in [1.82, 2.24) is 4.90 Å². The largest absolute Gasteiger partial charge is 0.460 e. The molecule has 150 valence electrons. The molecule has 0 aromatic heterocycles. The third kappa shape index (κ3) is 8.76. The minimum absolute atomic E-state index is 0.0709. The van der Waals surface area contributed by atoms with Gasteiger partial charge in [-0.2, -0.15) is 13.2 Å². The number of hydrogen-bond donors (Lipinski definition) is 1. The molecule has 0 radical (unpaired) electrons. The minimum atomic E-state index is -4.22. The van der Waals surface area contributed by atoms with Crippen LogP contribution in [0.3, 0.4) is 0 Å². The molecule has 1 N–H and O–H groups in total. The van der Waals surface area contributed by atoms with Gasteiger partial charge in [0.15, 0.2) is 0 Å². The van der Waals surface area contributed by atoms with Crippen molar-refractivity contribution in [2.45, 2.75) is 103 Å². The zero-order valence-electron chi connectivity index (χ0n) is 16.2. The molecule has 3 atom stereocenters. The predicted molar refractivity (Wildman–Crippen MR) is 97.4 cm³/mol. The number of aliphatic hydroxyl groups is 1. The Labute approximate surface area is 152 Å². The van der Waals surface area contributed by atoms with Crippen molar-refractivity contribution in [1.29, 1.82) is 0 Å². The van der Waals surface area contributed by atoms with Crippen molar-refractivity contribution in [3.63, 3.8) is 0 Å². The molecule has 0 spiro atoms. The van der Waals surface area contributed by atoms with Crippen molar-refractivity contribution in [3.05, 3.63) is 0 Å². The molecule has 1 rings (SSSR count). The summed E-state index contributed by atoms with van der Waals surface area (Å²) in [5.41, 5.74) is 0. The van der Waals surface area contributed by atoms with Crippen LogP contribution >= 0.6 is 0 Å². The van der Waals surface area contributed by atoms with E-state index in [-0.39, 0.29) is 25.0 Å². The SMILES string of the molecule is CCCCCCCCCCCC1CC(C(C)CO)CCN1C(F)(F)F. The Morgan fingerprint density at radius 1 is 1.00 bits per heavy atom. The fraction of sp³-hybridized carbons (Fsp3) is 1.00. The van der Waals surface area contributed by atoms with Gasteiger partial charge in [0.05, 0.1) is 0 Å². The Morgan fingerprint density at radius 3 is 2.08 bits per heavy atom. The van der Waals surface area contributed by atoms with Gasteiger partial charge in [0.25, 0.3) is 0 Å². The maximum absolute atomic E-state index is 13.3. The van der Waals surface area contributed by atoms with Crippen LogP contribution in [0.2, 0.25) is 0 Å². The third-order valence-electron chi connectivity index (χ3n) is 5.82. The molecular weight excluding hydrogens is 327 g/mol. The second-order valence-corrected chi connectivity index (χ2v) is 7.88. The number of nitrogens with zero attached hydrogens (tertiary/aromatic N) is 1. The van der Waals surface area contributed by atoms with Gasteiger partial charge in [-0.25, -0.2) is 4.90 Å². The summed E-state index contributed by atoms with van der Waals surface area (Å²) < 4.78 is 39.8. The smallest absolute Gasteiger partial charge is 0.396 e. The molecule has 0 bridgehead atoms. The number of rotatable bonds is 12. The van der Waals surface area contributed by atoms with Gasteiger partial charge >= 0.3 is 6.30 Å². The topological polar surface area (TPSA) is 23.5 Å². The molecule has 1 fully saturated rings. The van der Waals surface area contributed by atoms with E-state index in [0.29, 0.717) is 19.3 Å². The summed E-state index contributed by atoms with van der Waals surface area (Å²) in [5, 5.41) is 9.31. The van der Waals surface area contributed by atoms with E-state index in [1.54, 1.807) is 0 Å². The molecule has 25 heavy (non-hydrogen) atoms. The Bertz CT molecular complexity index is 335. The summed E-state index contributed by atoms with van der Waals surface area (Å²) in [6.45, 7) is 4.31. The lowest BCUT2D eigenvalue weighted by Crippen LogP contribution is -2.51. The van der Waals surface area contributed by atoms with Gasteiger partial charge in [0.2, 0.25) is 0 Å². The fourth-order valence-corrected chi connectivity index (χ4v) is 4.05. The third-order valence-corrected chi connectivity index (χ3v) is 5.82. The summed E-state index contributed by atoms with van der Waals surface area (Å²) in [5.74, 6) is 0.313. The average Bonchev–Trinajstić information content (AvgIpc) is 2.58. The van der Waals surface area contributed by atoms with Crippen molar-refractivity contribution < 1.29 is 18.3 Å². The highest BCUT2D eigenvalue weighted by molar-refractivity contribution is 4.85. The fourth-order valence-electron chi connectivity index (χ4n) is 4.05. The van der Waals surface area contributed by atoms with Gasteiger partial charge < -0.3 is 5.11 Å². The number of aliphatic hydroxyl groups excluding tert-OH is 1. The maximum atomic E-state index is 13.3. The zero-order chi connectivity index (χ0) is 18.7. The van der Waals surface area contributed by atoms with E-state index in [2.05, 4.69) is 6.92 Å². The van der Waals surface area contributed by atoms with E-state index in [1.165, 1.54) is 38.5 Å². The highest BCUT2D eigenvalue weighted by Crippen LogP contribution is 2.37. The van der Waals surface area contributed by atoms with Crippen LogP contribution in [0.4, 0.5) is 13.2 Å². The number of piperidine rings is 1. The molecule has 3 unspecified atom stereocenters. The van der Waals surface area contributed by atoms with Crippen molar-refractivity contribution in [2.24, 2.45) is 11.8 Å². The first-order chi connectivity index (χ1) is 11.9. The van der Waals surface area contributed by atoms with E-state index in [1.807, 2.05) is 6.92 Å². The molecule has 0 aromatic rings. The monoisotopic (exact) mass is 365 g/mol. The summed E-state index contributed by atoms with van der Waals surface area (Å²) in [7, 11) is 0. The lowest BCUT2D eigenvalue weighted by atomic mass is 9.81. The van der Waals surface area contributed by atoms with Gasteiger partial charge in [-0.3, -0.25) is 0 Å². The van der Waals surface area contributed by atoms with Crippen LogP contribution < -0.4 is 0 Å². The molecule has 1 aliphatic heterocycles. The average molecular weight is 366 g/mol. The van der Waals surface area contributed by atoms with Gasteiger partial charge in [0.1, 0.15) is 0 Å². The number of halogens is 3. The van der Waals surface area contributed by atoms with Gasteiger partial charge in [0, 0.05) is 19.2 Å². The van der Waals surface area contributed by atoms with Crippen LogP contribution in [0, 0.1) is 11.8 Å². The number of likely N-dealkylation sites (tertiary alicyclic amines) is 1. The van der Waals surface area contributed by atoms with Crippen LogP contribution in [0.15, 0.2) is 0 Å². The zero-order valence-corrected chi connectivity index (χ0v) is 16.2. The van der Waals surface area contributed by atoms with E-state index in [0.717, 1.165) is 24.2 Å². The second-order valence-electron chi connectivity index (χ2n) is 7.88. The van der Waals surface area contributed by atoms with E-state index < -0.39 is 12.3 Å². The first-order valence-electron chi connectivity index (χ1n) is 10.3. The highest BCUT2D eigenvalue weighted by atomic mass is 19.4. The van der Waals surface area contributed by atoms with E-state index in [9.17, 15) is 18.3 Å². The molecule has 1 aliphatic rings.